The van der Waals surface area contributed by atoms with Crippen LogP contribution in [0.25, 0.3) is 0 Å². The highest BCUT2D eigenvalue weighted by Crippen LogP contribution is 2.30. The summed E-state index contributed by atoms with van der Waals surface area (Å²) in [6, 6.07) is 4.42. The van der Waals surface area contributed by atoms with Gasteiger partial charge in [-0.15, -0.1) is 0 Å². The average Bonchev–Trinajstić information content (AvgIpc) is 3.20. The van der Waals surface area contributed by atoms with Crippen LogP contribution in [0.2, 0.25) is 0 Å². The number of hydrogen-bond acceptors (Lipinski definition) is 4. The second-order valence-corrected chi connectivity index (χ2v) is 5.58. The lowest BCUT2D eigenvalue weighted by molar-refractivity contribution is 0.0966. The van der Waals surface area contributed by atoms with Gasteiger partial charge in [-0.25, -0.2) is 4.98 Å². The summed E-state index contributed by atoms with van der Waals surface area (Å²) in [5.74, 6) is 1.50. The maximum Gasteiger partial charge on any atom is 0.123 e. The minimum atomic E-state index is 0.479. The molecule has 1 fully saturated rings. The quantitative estimate of drug-likeness (QED) is 0.779. The zero-order chi connectivity index (χ0) is 13.7. The van der Waals surface area contributed by atoms with Gasteiger partial charge in [0.15, 0.2) is 0 Å². The molecule has 0 unspecified atom stereocenters. The Morgan fingerprint density at radius 2 is 2.26 bits per heavy atom. The first-order chi connectivity index (χ1) is 9.19. The van der Waals surface area contributed by atoms with Crippen LogP contribution in [0, 0.1) is 5.92 Å². The zero-order valence-electron chi connectivity index (χ0n) is 12.0. The molecule has 4 nitrogen and oxygen atoms in total. The summed E-state index contributed by atoms with van der Waals surface area (Å²) < 4.78 is 5.28. The molecule has 1 aromatic heterocycles. The van der Waals surface area contributed by atoms with Crippen LogP contribution in [0.4, 0.5) is 5.82 Å². The monoisotopic (exact) mass is 263 g/mol. The fraction of sp³-hybridized carbons (Fsp3) is 0.667. The predicted molar refractivity (Wildman–Crippen MR) is 78.0 cm³/mol. The van der Waals surface area contributed by atoms with Gasteiger partial charge in [0.2, 0.25) is 0 Å². The predicted octanol–water partition coefficient (Wildman–Crippen LogP) is 1.95. The molecular weight excluding hydrogens is 238 g/mol. The molecular formula is C15H25N3O. The molecule has 19 heavy (non-hydrogen) atoms. The van der Waals surface area contributed by atoms with E-state index in [-0.39, 0.29) is 0 Å². The Kier molecular flexibility index (Phi) is 5.16. The van der Waals surface area contributed by atoms with Gasteiger partial charge in [-0.3, -0.25) is 4.90 Å². The highest BCUT2D eigenvalue weighted by molar-refractivity contribution is 5.29. The van der Waals surface area contributed by atoms with Crippen LogP contribution in [-0.2, 0) is 11.2 Å². The van der Waals surface area contributed by atoms with E-state index in [0.29, 0.717) is 11.9 Å². The van der Waals surface area contributed by atoms with E-state index < -0.39 is 0 Å². The summed E-state index contributed by atoms with van der Waals surface area (Å²) in [5.41, 5.74) is 6.86. The van der Waals surface area contributed by atoms with Crippen molar-refractivity contribution in [2.75, 3.05) is 32.5 Å². The first-order valence-corrected chi connectivity index (χ1v) is 7.12. The number of nitrogens with zero attached hydrogens (tertiary/aromatic N) is 2. The van der Waals surface area contributed by atoms with E-state index in [2.05, 4.69) is 22.9 Å². The SMILES string of the molecule is COC[C@H](C)N(CCc1ccc(N)nc1)CC1CC1. The second kappa shape index (κ2) is 6.87. The largest absolute Gasteiger partial charge is 0.384 e. The van der Waals surface area contributed by atoms with E-state index in [1.807, 2.05) is 12.3 Å². The summed E-state index contributed by atoms with van der Waals surface area (Å²) in [4.78, 5) is 6.69. The smallest absolute Gasteiger partial charge is 0.123 e. The lowest BCUT2D eigenvalue weighted by Gasteiger charge is -2.28. The van der Waals surface area contributed by atoms with Crippen molar-refractivity contribution < 1.29 is 4.74 Å². The molecule has 106 valence electrons. The summed E-state index contributed by atoms with van der Waals surface area (Å²) in [5, 5.41) is 0. The third-order valence-electron chi connectivity index (χ3n) is 3.76. The number of nitrogens with two attached hydrogens (primary N) is 1. The Morgan fingerprint density at radius 1 is 1.47 bits per heavy atom. The highest BCUT2D eigenvalue weighted by atomic mass is 16.5. The number of methoxy groups -OCH3 is 1. The molecule has 1 heterocycles. The van der Waals surface area contributed by atoms with Crippen molar-refractivity contribution in [1.29, 1.82) is 0 Å². The molecule has 1 aliphatic carbocycles. The van der Waals surface area contributed by atoms with Crippen LogP contribution >= 0.6 is 0 Å². The van der Waals surface area contributed by atoms with Gasteiger partial charge in [0.05, 0.1) is 6.61 Å². The van der Waals surface area contributed by atoms with Gasteiger partial charge >= 0.3 is 0 Å². The second-order valence-electron chi connectivity index (χ2n) is 5.58. The fourth-order valence-electron chi connectivity index (χ4n) is 2.33. The Hall–Kier alpha value is -1.13. The van der Waals surface area contributed by atoms with Gasteiger partial charge in [-0.1, -0.05) is 6.07 Å². The maximum absolute atomic E-state index is 5.61. The van der Waals surface area contributed by atoms with Crippen molar-refractivity contribution in [1.82, 2.24) is 9.88 Å². The van der Waals surface area contributed by atoms with Crippen molar-refractivity contribution in [3.8, 4) is 0 Å². The normalized spacial score (nSPS) is 16.8. The summed E-state index contributed by atoms with van der Waals surface area (Å²) in [7, 11) is 1.77. The standard InChI is InChI=1S/C15H25N3O/c1-12(11-19-2)18(10-14-3-4-14)8-7-13-5-6-15(16)17-9-13/h5-6,9,12,14H,3-4,7-8,10-11H2,1-2H3,(H2,16,17)/t12-/m0/s1. The molecule has 0 radical (unpaired) electrons. The van der Waals surface area contributed by atoms with Gasteiger partial charge in [0.25, 0.3) is 0 Å². The molecule has 1 saturated carbocycles. The number of pyridine rings is 1. The van der Waals surface area contributed by atoms with Gasteiger partial charge in [-0.2, -0.15) is 0 Å². The lowest BCUT2D eigenvalue weighted by atomic mass is 10.1. The lowest BCUT2D eigenvalue weighted by Crippen LogP contribution is -2.39. The first kappa shape index (κ1) is 14.3. The Morgan fingerprint density at radius 3 is 2.84 bits per heavy atom. The number of aromatic nitrogens is 1. The molecule has 0 aliphatic heterocycles. The Bertz CT molecular complexity index is 375. The topological polar surface area (TPSA) is 51.4 Å². The van der Waals surface area contributed by atoms with E-state index in [0.717, 1.165) is 25.5 Å². The summed E-state index contributed by atoms with van der Waals surface area (Å²) in [6.07, 6.45) is 5.68. The van der Waals surface area contributed by atoms with E-state index >= 15 is 0 Å². The number of anilines is 1. The van der Waals surface area contributed by atoms with Crippen molar-refractivity contribution in [3.63, 3.8) is 0 Å². The Balaban J connectivity index is 1.85. The number of hydrogen-bond donors (Lipinski definition) is 1. The van der Waals surface area contributed by atoms with Gasteiger partial charge < -0.3 is 10.5 Å². The van der Waals surface area contributed by atoms with Gasteiger partial charge in [-0.05, 0) is 43.7 Å². The van der Waals surface area contributed by atoms with E-state index in [9.17, 15) is 0 Å². The first-order valence-electron chi connectivity index (χ1n) is 7.12. The van der Waals surface area contributed by atoms with E-state index in [1.54, 1.807) is 7.11 Å². The number of ether oxygens (including phenoxy) is 1. The van der Waals surface area contributed by atoms with Gasteiger partial charge in [0.1, 0.15) is 5.82 Å². The average molecular weight is 263 g/mol. The molecule has 2 N–H and O–H groups in total. The molecule has 1 aromatic rings. The summed E-state index contributed by atoms with van der Waals surface area (Å²) in [6.45, 7) is 5.30. The zero-order valence-corrected chi connectivity index (χ0v) is 12.0. The third kappa shape index (κ3) is 4.80. The maximum atomic E-state index is 5.61. The van der Waals surface area contributed by atoms with Crippen LogP contribution in [0.15, 0.2) is 18.3 Å². The van der Waals surface area contributed by atoms with Crippen LogP contribution in [-0.4, -0.2) is 42.7 Å². The van der Waals surface area contributed by atoms with Crippen molar-refractivity contribution in [3.05, 3.63) is 23.9 Å². The molecule has 0 saturated heterocycles. The fourth-order valence-corrected chi connectivity index (χ4v) is 2.33. The molecule has 0 amide bonds. The minimum absolute atomic E-state index is 0.479. The van der Waals surface area contributed by atoms with Crippen LogP contribution in [0.3, 0.4) is 0 Å². The third-order valence-corrected chi connectivity index (χ3v) is 3.76. The highest BCUT2D eigenvalue weighted by Gasteiger charge is 2.26. The van der Waals surface area contributed by atoms with E-state index in [1.165, 1.54) is 24.9 Å². The molecule has 2 rings (SSSR count). The molecule has 0 aromatic carbocycles. The van der Waals surface area contributed by atoms with Crippen molar-refractivity contribution in [2.24, 2.45) is 5.92 Å². The van der Waals surface area contributed by atoms with E-state index in [4.69, 9.17) is 10.5 Å². The molecule has 1 aliphatic rings. The molecule has 4 heteroatoms. The number of nitrogen functional groups attached to an aromatic ring is 1. The number of rotatable bonds is 8. The van der Waals surface area contributed by atoms with Crippen molar-refractivity contribution >= 4 is 5.82 Å². The van der Waals surface area contributed by atoms with Crippen LogP contribution in [0.5, 0.6) is 0 Å². The molecule has 0 bridgehead atoms. The molecule has 0 spiro atoms. The minimum Gasteiger partial charge on any atom is -0.384 e. The molecule has 1 atom stereocenters. The van der Waals surface area contributed by atoms with Gasteiger partial charge in [0, 0.05) is 32.4 Å². The Labute approximate surface area is 116 Å². The summed E-state index contributed by atoms with van der Waals surface area (Å²) >= 11 is 0. The van der Waals surface area contributed by atoms with Crippen LogP contribution in [0.1, 0.15) is 25.3 Å². The van der Waals surface area contributed by atoms with Crippen molar-refractivity contribution in [2.45, 2.75) is 32.2 Å². The van der Waals surface area contributed by atoms with Crippen LogP contribution < -0.4 is 5.73 Å².